The maximum atomic E-state index is 12.4. The van der Waals surface area contributed by atoms with Crippen molar-refractivity contribution in [2.24, 2.45) is 0 Å². The van der Waals surface area contributed by atoms with E-state index in [1.165, 1.54) is 12.1 Å². The molecule has 1 unspecified atom stereocenters. The summed E-state index contributed by atoms with van der Waals surface area (Å²) in [5.74, 6) is -0.0304. The van der Waals surface area contributed by atoms with Crippen molar-refractivity contribution >= 4 is 5.91 Å². The number of rotatable bonds is 4. The van der Waals surface area contributed by atoms with Crippen molar-refractivity contribution in [3.63, 3.8) is 0 Å². The second-order valence-corrected chi connectivity index (χ2v) is 5.15. The van der Waals surface area contributed by atoms with Crippen molar-refractivity contribution in [2.75, 3.05) is 19.7 Å². The van der Waals surface area contributed by atoms with Gasteiger partial charge in [-0.25, -0.2) is 0 Å². The first-order chi connectivity index (χ1) is 11.1. The molecule has 0 bridgehead atoms. The predicted octanol–water partition coefficient (Wildman–Crippen LogP) is 2.83. The summed E-state index contributed by atoms with van der Waals surface area (Å²) >= 11 is 0. The van der Waals surface area contributed by atoms with E-state index in [4.69, 9.17) is 4.74 Å². The summed E-state index contributed by atoms with van der Waals surface area (Å²) in [5, 5.41) is 0. The summed E-state index contributed by atoms with van der Waals surface area (Å²) in [4.78, 5) is 16.9. The molecule has 1 aromatic heterocycles. The number of hydrogen-bond acceptors (Lipinski definition) is 3. The van der Waals surface area contributed by atoms with Gasteiger partial charge in [0.05, 0.1) is 13.2 Å². The van der Waals surface area contributed by atoms with Crippen molar-refractivity contribution in [1.29, 1.82) is 0 Å². The van der Waals surface area contributed by atoms with Crippen LogP contribution in [0.1, 0.15) is 22.2 Å². The second kappa shape index (κ2) is 6.78. The number of carbonyl (C=O) groups is 1. The summed E-state index contributed by atoms with van der Waals surface area (Å²) in [6.45, 7) is -1.64. The van der Waals surface area contributed by atoms with E-state index in [2.05, 4.69) is 9.72 Å². The van der Waals surface area contributed by atoms with E-state index in [-0.39, 0.29) is 17.8 Å². The van der Waals surface area contributed by atoms with Crippen LogP contribution in [-0.2, 0) is 4.74 Å². The van der Waals surface area contributed by atoms with Crippen LogP contribution in [0.5, 0.6) is 5.75 Å². The molecule has 1 aromatic carbocycles. The lowest BCUT2D eigenvalue weighted by Gasteiger charge is -2.33. The Morgan fingerprint density at radius 2 is 2.22 bits per heavy atom. The molecule has 2 aromatic rings. The number of nitrogens with one attached hydrogen (secondary N) is 1. The molecule has 122 valence electrons. The van der Waals surface area contributed by atoms with Crippen LogP contribution in [0.25, 0.3) is 0 Å². The van der Waals surface area contributed by atoms with E-state index >= 15 is 0 Å². The van der Waals surface area contributed by atoms with Crippen molar-refractivity contribution in [3.8, 4) is 5.75 Å². The number of amides is 1. The first-order valence-corrected chi connectivity index (χ1v) is 7.22. The molecule has 23 heavy (non-hydrogen) atoms. The molecule has 1 N–H and O–H groups in total. The molecule has 3 rings (SSSR count). The Morgan fingerprint density at radius 3 is 2.96 bits per heavy atom. The lowest BCUT2D eigenvalue weighted by Crippen LogP contribution is -2.42. The van der Waals surface area contributed by atoms with Crippen LogP contribution in [0.15, 0.2) is 42.6 Å². The largest absolute Gasteiger partial charge is 0.435 e. The van der Waals surface area contributed by atoms with Crippen molar-refractivity contribution in [1.82, 2.24) is 9.88 Å². The van der Waals surface area contributed by atoms with Gasteiger partial charge < -0.3 is 19.4 Å². The molecule has 1 saturated heterocycles. The van der Waals surface area contributed by atoms with Crippen LogP contribution in [0.2, 0.25) is 0 Å². The van der Waals surface area contributed by atoms with Gasteiger partial charge in [-0.15, -0.1) is 0 Å². The Labute approximate surface area is 131 Å². The number of ether oxygens (including phenoxy) is 2. The highest BCUT2D eigenvalue weighted by Crippen LogP contribution is 2.26. The van der Waals surface area contributed by atoms with Gasteiger partial charge >= 0.3 is 6.61 Å². The van der Waals surface area contributed by atoms with Crippen LogP contribution < -0.4 is 4.74 Å². The predicted molar refractivity (Wildman–Crippen MR) is 78.5 cm³/mol. The number of benzene rings is 1. The molecule has 1 aliphatic rings. The fourth-order valence-electron chi connectivity index (χ4n) is 2.56. The number of carbonyl (C=O) groups excluding carboxylic acids is 1. The van der Waals surface area contributed by atoms with Gasteiger partial charge in [-0.05, 0) is 29.8 Å². The monoisotopic (exact) mass is 322 g/mol. The maximum absolute atomic E-state index is 12.4. The fourth-order valence-corrected chi connectivity index (χ4v) is 2.56. The molecule has 0 saturated carbocycles. The van der Waals surface area contributed by atoms with Crippen molar-refractivity contribution < 1.29 is 23.0 Å². The van der Waals surface area contributed by atoms with E-state index in [9.17, 15) is 13.6 Å². The Morgan fingerprint density at radius 1 is 1.35 bits per heavy atom. The van der Waals surface area contributed by atoms with Gasteiger partial charge in [0.15, 0.2) is 0 Å². The van der Waals surface area contributed by atoms with E-state index in [1.807, 2.05) is 0 Å². The number of alkyl halides is 2. The molecule has 0 aliphatic carbocycles. The van der Waals surface area contributed by atoms with Crippen LogP contribution in [0.3, 0.4) is 0 Å². The average molecular weight is 322 g/mol. The van der Waals surface area contributed by atoms with Gasteiger partial charge in [-0.3, -0.25) is 4.79 Å². The van der Waals surface area contributed by atoms with Gasteiger partial charge in [0, 0.05) is 12.7 Å². The first kappa shape index (κ1) is 15.5. The summed E-state index contributed by atoms with van der Waals surface area (Å²) in [6.07, 6.45) is 1.32. The lowest BCUT2D eigenvalue weighted by atomic mass is 10.1. The van der Waals surface area contributed by atoms with E-state index < -0.39 is 6.61 Å². The molecule has 1 fully saturated rings. The molecule has 1 atom stereocenters. The number of aromatic nitrogens is 1. The highest BCUT2D eigenvalue weighted by molar-refractivity contribution is 5.92. The molecule has 1 aliphatic heterocycles. The van der Waals surface area contributed by atoms with Crippen LogP contribution in [-0.4, -0.2) is 42.1 Å². The van der Waals surface area contributed by atoms with Crippen LogP contribution in [0.4, 0.5) is 8.78 Å². The molecular formula is C16H16F2N2O3. The minimum absolute atomic E-state index is 0.0777. The molecule has 1 amide bonds. The third-order valence-corrected chi connectivity index (χ3v) is 3.64. The number of morpholine rings is 1. The molecule has 5 nitrogen and oxygen atoms in total. The Balaban J connectivity index is 1.72. The molecule has 7 heteroatoms. The van der Waals surface area contributed by atoms with E-state index in [0.29, 0.717) is 31.0 Å². The Bertz CT molecular complexity index is 661. The minimum Gasteiger partial charge on any atom is -0.435 e. The normalized spacial score (nSPS) is 18.2. The fraction of sp³-hybridized carbons (Fsp3) is 0.312. The molecule has 0 radical (unpaired) electrons. The van der Waals surface area contributed by atoms with E-state index in [0.717, 1.165) is 0 Å². The Hall–Kier alpha value is -2.41. The summed E-state index contributed by atoms with van der Waals surface area (Å²) in [5.41, 5.74) is 1.22. The number of hydrogen-bond donors (Lipinski definition) is 1. The smallest absolute Gasteiger partial charge is 0.387 e. The third kappa shape index (κ3) is 3.68. The topological polar surface area (TPSA) is 54.6 Å². The third-order valence-electron chi connectivity index (χ3n) is 3.64. The molecular weight excluding hydrogens is 306 g/mol. The van der Waals surface area contributed by atoms with Crippen LogP contribution >= 0.6 is 0 Å². The van der Waals surface area contributed by atoms with E-state index in [1.54, 1.807) is 35.4 Å². The number of aromatic amines is 1. The van der Waals surface area contributed by atoms with Gasteiger partial charge in [0.2, 0.25) is 0 Å². The van der Waals surface area contributed by atoms with Gasteiger partial charge in [-0.2, -0.15) is 8.78 Å². The van der Waals surface area contributed by atoms with Crippen LogP contribution in [0, 0.1) is 0 Å². The van der Waals surface area contributed by atoms with Gasteiger partial charge in [0.25, 0.3) is 5.91 Å². The summed E-state index contributed by atoms with van der Waals surface area (Å²) < 4.78 is 34.7. The lowest BCUT2D eigenvalue weighted by molar-refractivity contribution is -0.0504. The van der Waals surface area contributed by atoms with Gasteiger partial charge in [-0.1, -0.05) is 12.1 Å². The van der Waals surface area contributed by atoms with Gasteiger partial charge in [0.1, 0.15) is 17.5 Å². The molecule has 0 spiro atoms. The highest BCUT2D eigenvalue weighted by atomic mass is 19.3. The summed E-state index contributed by atoms with van der Waals surface area (Å²) in [7, 11) is 0. The average Bonchev–Trinajstić information content (AvgIpc) is 3.08. The zero-order valence-electron chi connectivity index (χ0n) is 12.2. The number of halogens is 2. The summed E-state index contributed by atoms with van der Waals surface area (Å²) in [6, 6.07) is 9.84. The number of H-pyrrole nitrogens is 1. The maximum Gasteiger partial charge on any atom is 0.387 e. The highest BCUT2D eigenvalue weighted by Gasteiger charge is 2.26. The minimum atomic E-state index is -2.87. The number of nitrogens with zero attached hydrogens (tertiary/aromatic N) is 1. The quantitative estimate of drug-likeness (QED) is 0.942. The van der Waals surface area contributed by atoms with Crippen molar-refractivity contribution in [2.45, 2.75) is 12.7 Å². The first-order valence-electron chi connectivity index (χ1n) is 7.22. The van der Waals surface area contributed by atoms with Crippen molar-refractivity contribution in [3.05, 3.63) is 53.9 Å². The zero-order chi connectivity index (χ0) is 16.2. The zero-order valence-corrected chi connectivity index (χ0v) is 12.2. The Kier molecular flexibility index (Phi) is 4.57. The standard InChI is InChI=1S/C16H16F2N2O3/c17-16(18)23-12-4-1-3-11(9-12)14-10-20(7-8-22-14)15(21)13-5-2-6-19-13/h1-6,9,14,16,19H,7-8,10H2. The second-order valence-electron chi connectivity index (χ2n) is 5.15. The SMILES string of the molecule is O=C(c1ccc[nH]1)N1CCOC(c2cccc(OC(F)F)c2)C1. The molecule has 2 heterocycles.